The number of hydrogen-bond donors (Lipinski definition) is 2. The van der Waals surface area contributed by atoms with E-state index in [0.29, 0.717) is 12.1 Å². The van der Waals surface area contributed by atoms with Gasteiger partial charge in [-0.3, -0.25) is 4.99 Å². The van der Waals surface area contributed by atoms with Crippen molar-refractivity contribution in [3.05, 3.63) is 0 Å². The average molecular weight is 397 g/mol. The molecule has 2 aliphatic rings. The normalized spacial score (nSPS) is 20.4. The lowest BCUT2D eigenvalue weighted by Gasteiger charge is -2.33. The fourth-order valence-corrected chi connectivity index (χ4v) is 4.21. The molecule has 0 bridgehead atoms. The summed E-state index contributed by atoms with van der Waals surface area (Å²) in [5.74, 6) is 0.955. The number of aliphatic imine (C=N–C) groups is 1. The van der Waals surface area contributed by atoms with Crippen LogP contribution in [0, 0.1) is 0 Å². The van der Waals surface area contributed by atoms with Gasteiger partial charge in [0.15, 0.2) is 5.96 Å². The Morgan fingerprint density at radius 2 is 1.75 bits per heavy atom. The summed E-state index contributed by atoms with van der Waals surface area (Å²) in [6.45, 7) is 6.26. The molecule has 2 rings (SSSR count). The molecule has 0 aromatic heterocycles. The van der Waals surface area contributed by atoms with E-state index in [9.17, 15) is 0 Å². The van der Waals surface area contributed by atoms with Crippen LogP contribution in [0.2, 0.25) is 0 Å². The Balaban J connectivity index is 1.45. The van der Waals surface area contributed by atoms with E-state index in [1.54, 1.807) is 7.11 Å². The summed E-state index contributed by atoms with van der Waals surface area (Å²) < 4.78 is 11.2. The van der Waals surface area contributed by atoms with E-state index in [2.05, 4.69) is 20.5 Å². The van der Waals surface area contributed by atoms with Gasteiger partial charge in [0.05, 0.1) is 6.10 Å². The van der Waals surface area contributed by atoms with Crippen LogP contribution in [0.3, 0.4) is 0 Å². The Labute approximate surface area is 172 Å². The number of guanidine groups is 1. The highest BCUT2D eigenvalue weighted by molar-refractivity contribution is 5.79. The van der Waals surface area contributed by atoms with Crippen LogP contribution >= 0.6 is 0 Å². The quantitative estimate of drug-likeness (QED) is 0.301. The summed E-state index contributed by atoms with van der Waals surface area (Å²) in [4.78, 5) is 6.94. The smallest absolute Gasteiger partial charge is 0.191 e. The molecular formula is C22H44N4O2. The third kappa shape index (κ3) is 10.1. The van der Waals surface area contributed by atoms with Crippen LogP contribution in [0.25, 0.3) is 0 Å². The molecule has 2 N–H and O–H groups in total. The van der Waals surface area contributed by atoms with Crippen LogP contribution in [0.5, 0.6) is 0 Å². The molecule has 1 saturated carbocycles. The zero-order chi connectivity index (χ0) is 19.9. The van der Waals surface area contributed by atoms with Gasteiger partial charge >= 0.3 is 0 Å². The predicted molar refractivity (Wildman–Crippen MR) is 117 cm³/mol. The third-order valence-electron chi connectivity index (χ3n) is 5.99. The lowest BCUT2D eigenvalue weighted by molar-refractivity contribution is 0.0264. The standard InChI is InChI=1S/C22H44N4O2/c1-23-22(25-20-12-16-26(17-13-20)15-9-18-27-2)24-14-7-4-8-19-28-21-10-5-3-6-11-21/h20-21H,3-19H2,1-2H3,(H2,23,24,25). The Morgan fingerprint density at radius 3 is 2.46 bits per heavy atom. The minimum atomic E-state index is 0.536. The summed E-state index contributed by atoms with van der Waals surface area (Å²) in [7, 11) is 3.65. The molecule has 0 spiro atoms. The summed E-state index contributed by atoms with van der Waals surface area (Å²) in [5, 5.41) is 7.08. The number of likely N-dealkylation sites (tertiary alicyclic amines) is 1. The van der Waals surface area contributed by atoms with Gasteiger partial charge in [-0.05, 0) is 51.4 Å². The molecule has 0 amide bonds. The second-order valence-electron chi connectivity index (χ2n) is 8.30. The van der Waals surface area contributed by atoms with Gasteiger partial charge in [-0.15, -0.1) is 0 Å². The number of methoxy groups -OCH3 is 1. The van der Waals surface area contributed by atoms with E-state index >= 15 is 0 Å². The predicted octanol–water partition coefficient (Wildman–Crippen LogP) is 3.17. The van der Waals surface area contributed by atoms with E-state index in [1.807, 2.05) is 7.05 Å². The Kier molecular flexibility index (Phi) is 12.6. The van der Waals surface area contributed by atoms with Crippen molar-refractivity contribution in [3.8, 4) is 0 Å². The fraction of sp³-hybridized carbons (Fsp3) is 0.955. The van der Waals surface area contributed by atoms with Crippen LogP contribution in [0.4, 0.5) is 0 Å². The second-order valence-corrected chi connectivity index (χ2v) is 8.30. The van der Waals surface area contributed by atoms with Crippen molar-refractivity contribution in [1.29, 1.82) is 0 Å². The zero-order valence-corrected chi connectivity index (χ0v) is 18.4. The lowest BCUT2D eigenvalue weighted by Crippen LogP contribution is -2.49. The van der Waals surface area contributed by atoms with Crippen molar-refractivity contribution in [2.75, 3.05) is 53.6 Å². The molecule has 6 heteroatoms. The average Bonchev–Trinajstić information content (AvgIpc) is 2.74. The number of nitrogens with zero attached hydrogens (tertiary/aromatic N) is 2. The third-order valence-corrected chi connectivity index (χ3v) is 5.99. The molecule has 1 heterocycles. The number of hydrogen-bond acceptors (Lipinski definition) is 4. The van der Waals surface area contributed by atoms with Gasteiger partial charge in [-0.2, -0.15) is 0 Å². The molecule has 6 nitrogen and oxygen atoms in total. The van der Waals surface area contributed by atoms with E-state index in [-0.39, 0.29) is 0 Å². The molecule has 1 aliphatic carbocycles. The van der Waals surface area contributed by atoms with E-state index < -0.39 is 0 Å². The summed E-state index contributed by atoms with van der Waals surface area (Å²) in [5.41, 5.74) is 0. The first-order valence-electron chi connectivity index (χ1n) is 11.6. The molecular weight excluding hydrogens is 352 g/mol. The minimum Gasteiger partial charge on any atom is -0.385 e. The first-order valence-corrected chi connectivity index (χ1v) is 11.6. The van der Waals surface area contributed by atoms with Gasteiger partial charge in [0.1, 0.15) is 0 Å². The van der Waals surface area contributed by atoms with Crippen LogP contribution in [-0.4, -0.2) is 76.6 Å². The van der Waals surface area contributed by atoms with Crippen molar-refractivity contribution < 1.29 is 9.47 Å². The van der Waals surface area contributed by atoms with Gasteiger partial charge in [-0.1, -0.05) is 19.3 Å². The molecule has 0 aromatic rings. The molecule has 164 valence electrons. The topological polar surface area (TPSA) is 58.1 Å². The van der Waals surface area contributed by atoms with Crippen LogP contribution in [-0.2, 0) is 9.47 Å². The maximum Gasteiger partial charge on any atom is 0.191 e. The first kappa shape index (κ1) is 23.4. The number of unbranched alkanes of at least 4 members (excludes halogenated alkanes) is 2. The number of rotatable bonds is 12. The van der Waals surface area contributed by atoms with Crippen molar-refractivity contribution >= 4 is 5.96 Å². The number of nitrogens with one attached hydrogen (secondary N) is 2. The zero-order valence-electron chi connectivity index (χ0n) is 18.4. The molecule has 0 radical (unpaired) electrons. The summed E-state index contributed by atoms with van der Waals surface area (Å²) >= 11 is 0. The summed E-state index contributed by atoms with van der Waals surface area (Å²) in [6, 6.07) is 0.536. The van der Waals surface area contributed by atoms with Crippen molar-refractivity contribution in [3.63, 3.8) is 0 Å². The molecule has 0 aromatic carbocycles. The summed E-state index contributed by atoms with van der Waals surface area (Å²) in [6.07, 6.45) is 14.3. The van der Waals surface area contributed by atoms with Crippen LogP contribution < -0.4 is 10.6 Å². The first-order chi connectivity index (χ1) is 13.8. The number of piperidine rings is 1. The molecule has 2 fully saturated rings. The monoisotopic (exact) mass is 396 g/mol. The molecule has 1 saturated heterocycles. The molecule has 1 aliphatic heterocycles. The van der Waals surface area contributed by atoms with Gasteiger partial charge in [0, 0.05) is 59.6 Å². The van der Waals surface area contributed by atoms with E-state index in [0.717, 1.165) is 38.7 Å². The van der Waals surface area contributed by atoms with Crippen LogP contribution in [0.15, 0.2) is 4.99 Å². The molecule has 28 heavy (non-hydrogen) atoms. The van der Waals surface area contributed by atoms with Crippen LogP contribution in [0.1, 0.15) is 70.6 Å². The van der Waals surface area contributed by atoms with Gasteiger partial charge in [-0.25, -0.2) is 0 Å². The maximum absolute atomic E-state index is 6.00. The maximum atomic E-state index is 6.00. The number of ether oxygens (including phenoxy) is 2. The Hall–Kier alpha value is -0.850. The highest BCUT2D eigenvalue weighted by atomic mass is 16.5. The fourth-order valence-electron chi connectivity index (χ4n) is 4.21. The highest BCUT2D eigenvalue weighted by Crippen LogP contribution is 2.20. The Morgan fingerprint density at radius 1 is 0.964 bits per heavy atom. The van der Waals surface area contributed by atoms with Gasteiger partial charge in [0.2, 0.25) is 0 Å². The van der Waals surface area contributed by atoms with Gasteiger partial charge < -0.3 is 25.0 Å². The van der Waals surface area contributed by atoms with Crippen molar-refractivity contribution in [2.45, 2.75) is 82.8 Å². The minimum absolute atomic E-state index is 0.536. The van der Waals surface area contributed by atoms with Crippen molar-refractivity contribution in [2.24, 2.45) is 4.99 Å². The molecule has 0 unspecified atom stereocenters. The Bertz CT molecular complexity index is 405. The second kappa shape index (κ2) is 15.1. The van der Waals surface area contributed by atoms with Crippen molar-refractivity contribution in [1.82, 2.24) is 15.5 Å². The largest absolute Gasteiger partial charge is 0.385 e. The molecule has 0 atom stereocenters. The van der Waals surface area contributed by atoms with E-state index in [4.69, 9.17) is 9.47 Å². The van der Waals surface area contributed by atoms with Gasteiger partial charge in [0.25, 0.3) is 0 Å². The highest BCUT2D eigenvalue weighted by Gasteiger charge is 2.19. The van der Waals surface area contributed by atoms with E-state index in [1.165, 1.54) is 77.3 Å². The lowest BCUT2D eigenvalue weighted by atomic mass is 9.98. The SMILES string of the molecule is CN=C(NCCCCCOC1CCCCC1)NC1CCN(CCCOC)CC1.